The largest absolute Gasteiger partial charge is 0.507 e. The van der Waals surface area contributed by atoms with E-state index < -0.39 is 0 Å². The molecule has 0 aliphatic rings. The van der Waals surface area contributed by atoms with Crippen LogP contribution < -0.4 is 0 Å². The second-order valence-electron chi connectivity index (χ2n) is 14.8. The van der Waals surface area contributed by atoms with E-state index in [0.29, 0.717) is 11.4 Å². The smallest absolute Gasteiger partial charge is 0.149 e. The predicted molar refractivity (Wildman–Crippen MR) is 242 cm³/mol. The van der Waals surface area contributed by atoms with E-state index >= 15 is 0 Å². The number of fused-ring (bicyclic) bond motifs is 4. The van der Waals surface area contributed by atoms with Crippen molar-refractivity contribution >= 4 is 32.8 Å². The Labute approximate surface area is 341 Å². The van der Waals surface area contributed by atoms with Gasteiger partial charge in [0.05, 0.1) is 33.3 Å². The van der Waals surface area contributed by atoms with E-state index in [0.717, 1.165) is 77.7 Å². The molecular formula is C54H36N4O. The summed E-state index contributed by atoms with van der Waals surface area (Å²) >= 11 is 0. The molecule has 3 heterocycles. The lowest BCUT2D eigenvalue weighted by Gasteiger charge is -2.13. The summed E-state index contributed by atoms with van der Waals surface area (Å²) in [6.07, 6.45) is 1.91. The first-order chi connectivity index (χ1) is 29.2. The number of phenolic OH excluding ortho intramolecular Hbond substituents is 1. The molecule has 5 heteroatoms. The van der Waals surface area contributed by atoms with Gasteiger partial charge in [0.15, 0.2) is 0 Å². The highest BCUT2D eigenvalue weighted by Gasteiger charge is 2.23. The Morgan fingerprint density at radius 2 is 0.983 bits per heavy atom. The van der Waals surface area contributed by atoms with Crippen LogP contribution in [0.1, 0.15) is 0 Å². The Morgan fingerprint density at radius 1 is 0.390 bits per heavy atom. The van der Waals surface area contributed by atoms with Gasteiger partial charge in [-0.2, -0.15) is 0 Å². The van der Waals surface area contributed by atoms with Crippen molar-refractivity contribution in [3.05, 3.63) is 212 Å². The Bertz CT molecular complexity index is 3310. The first-order valence-electron chi connectivity index (χ1n) is 19.8. The van der Waals surface area contributed by atoms with Crippen molar-refractivity contribution in [2.24, 2.45) is 0 Å². The average molecular weight is 757 g/mol. The number of hydrogen-bond acceptors (Lipinski definition) is 3. The molecule has 8 aromatic carbocycles. The van der Waals surface area contributed by atoms with Crippen molar-refractivity contribution in [2.75, 3.05) is 0 Å². The first kappa shape index (κ1) is 34.2. The molecular weight excluding hydrogens is 721 g/mol. The fourth-order valence-corrected chi connectivity index (χ4v) is 8.56. The standard InChI is InChI=1S/C54H36N4O/c59-51-26-13-11-22-45(51)54-56-53-43(23-14-25-49(53)58(54)42-19-8-3-9-20-42)46-33-40(35-50-52(46)44-21-10-12-24-48(44)57(50)41-17-6-2-7-18-41)47-34-39(31-32-55-47)38-29-27-37(28-30-38)36-15-4-1-5-16-36/h1-35,59H. The number of benzene rings is 8. The van der Waals surface area contributed by atoms with Crippen molar-refractivity contribution < 1.29 is 5.11 Å². The zero-order valence-electron chi connectivity index (χ0n) is 31.9. The normalized spacial score (nSPS) is 11.5. The molecule has 0 amide bonds. The molecule has 0 bridgehead atoms. The molecule has 11 aromatic rings. The number of pyridine rings is 1. The van der Waals surface area contributed by atoms with Gasteiger partial charge in [0, 0.05) is 39.5 Å². The van der Waals surface area contributed by atoms with E-state index in [1.807, 2.05) is 48.7 Å². The number of aromatic hydroxyl groups is 1. The van der Waals surface area contributed by atoms with Gasteiger partial charge < -0.3 is 9.67 Å². The lowest BCUT2D eigenvalue weighted by atomic mass is 9.94. The van der Waals surface area contributed by atoms with E-state index in [4.69, 9.17) is 9.97 Å². The van der Waals surface area contributed by atoms with Crippen LogP contribution in [0.5, 0.6) is 5.75 Å². The Balaban J connectivity index is 1.18. The SMILES string of the molecule is Oc1ccccc1-c1nc2c(-c3cc(-c4cc(-c5ccc(-c6ccccc6)cc5)ccn4)cc4c3c3ccccc3n4-c3ccccc3)cccc2n1-c1ccccc1. The van der Waals surface area contributed by atoms with Crippen LogP contribution in [-0.4, -0.2) is 24.2 Å². The molecule has 0 saturated carbocycles. The van der Waals surface area contributed by atoms with Crippen LogP contribution >= 0.6 is 0 Å². The van der Waals surface area contributed by atoms with Crippen LogP contribution in [0.4, 0.5) is 0 Å². The van der Waals surface area contributed by atoms with Crippen LogP contribution in [0, 0.1) is 0 Å². The van der Waals surface area contributed by atoms with Gasteiger partial charge in [-0.05, 0) is 101 Å². The minimum absolute atomic E-state index is 0.178. The molecule has 278 valence electrons. The summed E-state index contributed by atoms with van der Waals surface area (Å²) < 4.78 is 4.51. The van der Waals surface area contributed by atoms with Gasteiger partial charge >= 0.3 is 0 Å². The van der Waals surface area contributed by atoms with E-state index in [2.05, 4.69) is 167 Å². The van der Waals surface area contributed by atoms with Crippen molar-refractivity contribution in [3.63, 3.8) is 0 Å². The monoisotopic (exact) mass is 756 g/mol. The van der Waals surface area contributed by atoms with Gasteiger partial charge in [0.25, 0.3) is 0 Å². The fraction of sp³-hybridized carbons (Fsp3) is 0. The third-order valence-corrected chi connectivity index (χ3v) is 11.3. The van der Waals surface area contributed by atoms with Crippen LogP contribution in [-0.2, 0) is 0 Å². The molecule has 3 aromatic heterocycles. The Kier molecular flexibility index (Phi) is 8.23. The molecule has 59 heavy (non-hydrogen) atoms. The number of nitrogens with zero attached hydrogens (tertiary/aromatic N) is 4. The number of imidazole rings is 1. The summed E-state index contributed by atoms with van der Waals surface area (Å²) in [4.78, 5) is 10.4. The van der Waals surface area contributed by atoms with E-state index in [1.165, 1.54) is 11.1 Å². The zero-order chi connectivity index (χ0) is 39.3. The molecule has 0 saturated heterocycles. The summed E-state index contributed by atoms with van der Waals surface area (Å²) in [6.45, 7) is 0. The van der Waals surface area contributed by atoms with Gasteiger partial charge in [-0.3, -0.25) is 9.55 Å². The van der Waals surface area contributed by atoms with Crippen molar-refractivity contribution in [3.8, 4) is 73.2 Å². The van der Waals surface area contributed by atoms with Gasteiger partial charge in [-0.15, -0.1) is 0 Å². The number of phenols is 1. The molecule has 11 rings (SSSR count). The first-order valence-corrected chi connectivity index (χ1v) is 19.8. The van der Waals surface area contributed by atoms with Crippen LogP contribution in [0.3, 0.4) is 0 Å². The predicted octanol–water partition coefficient (Wildman–Crippen LogP) is 13.6. The molecule has 1 N–H and O–H groups in total. The van der Waals surface area contributed by atoms with Crippen LogP contribution in [0.2, 0.25) is 0 Å². The summed E-state index contributed by atoms with van der Waals surface area (Å²) in [5, 5.41) is 13.5. The van der Waals surface area contributed by atoms with Crippen LogP contribution in [0.25, 0.3) is 100 Å². The topological polar surface area (TPSA) is 55.9 Å². The number of rotatable bonds is 7. The highest BCUT2D eigenvalue weighted by molar-refractivity contribution is 6.18. The number of aromatic nitrogens is 4. The van der Waals surface area contributed by atoms with Gasteiger partial charge in [0.1, 0.15) is 11.6 Å². The van der Waals surface area contributed by atoms with Gasteiger partial charge in [-0.25, -0.2) is 4.98 Å². The Hall–Kier alpha value is -8.02. The quantitative estimate of drug-likeness (QED) is 0.176. The molecule has 0 fully saturated rings. The minimum Gasteiger partial charge on any atom is -0.507 e. The average Bonchev–Trinajstić information content (AvgIpc) is 3.86. The molecule has 0 atom stereocenters. The summed E-state index contributed by atoms with van der Waals surface area (Å²) in [5.74, 6) is 0.848. The van der Waals surface area contributed by atoms with E-state index in [-0.39, 0.29) is 5.75 Å². The zero-order valence-corrected chi connectivity index (χ0v) is 31.9. The maximum atomic E-state index is 11.2. The van der Waals surface area contributed by atoms with Crippen molar-refractivity contribution in [2.45, 2.75) is 0 Å². The minimum atomic E-state index is 0.178. The molecule has 0 unspecified atom stereocenters. The van der Waals surface area contributed by atoms with Crippen molar-refractivity contribution in [1.29, 1.82) is 0 Å². The highest BCUT2D eigenvalue weighted by Crippen LogP contribution is 2.44. The summed E-state index contributed by atoms with van der Waals surface area (Å²) in [7, 11) is 0. The third-order valence-electron chi connectivity index (χ3n) is 11.3. The maximum Gasteiger partial charge on any atom is 0.149 e. The highest BCUT2D eigenvalue weighted by atomic mass is 16.3. The lowest BCUT2D eigenvalue weighted by Crippen LogP contribution is -1.97. The molecule has 0 spiro atoms. The van der Waals surface area contributed by atoms with Crippen molar-refractivity contribution in [1.82, 2.24) is 19.1 Å². The van der Waals surface area contributed by atoms with Gasteiger partial charge in [-0.1, -0.05) is 133 Å². The van der Waals surface area contributed by atoms with E-state index in [9.17, 15) is 5.11 Å². The third kappa shape index (κ3) is 5.87. The molecule has 0 aliphatic heterocycles. The Morgan fingerprint density at radius 3 is 1.73 bits per heavy atom. The van der Waals surface area contributed by atoms with Gasteiger partial charge in [0.2, 0.25) is 0 Å². The second kappa shape index (κ2) is 14.2. The summed E-state index contributed by atoms with van der Waals surface area (Å²) in [6, 6.07) is 71.3. The maximum absolute atomic E-state index is 11.2. The van der Waals surface area contributed by atoms with E-state index in [1.54, 1.807) is 6.07 Å². The fourth-order valence-electron chi connectivity index (χ4n) is 8.56. The second-order valence-corrected chi connectivity index (χ2v) is 14.8. The number of para-hydroxylation sites is 5. The molecule has 0 aliphatic carbocycles. The summed E-state index contributed by atoms with van der Waals surface area (Å²) in [5.41, 5.74) is 15.2. The molecule has 5 nitrogen and oxygen atoms in total. The van der Waals surface area contributed by atoms with Crippen LogP contribution in [0.15, 0.2) is 212 Å². The number of hydrogen-bond donors (Lipinski definition) is 1. The lowest BCUT2D eigenvalue weighted by molar-refractivity contribution is 0.477. The molecule has 0 radical (unpaired) electrons.